The highest BCUT2D eigenvalue weighted by Crippen LogP contribution is 2.27. The standard InChI is InChI=1S/C19H25NO/c1-14(2)18-8-5-11-20(18)13-19(21)17-10-9-15-6-3-4-7-16(15)12-17/h3-4,6-7,9-10,12,14,18-19,21H,5,8,11,13H2,1-2H3. The zero-order valence-corrected chi connectivity index (χ0v) is 13.0. The van der Waals surface area contributed by atoms with Crippen LogP contribution in [0.25, 0.3) is 10.8 Å². The largest absolute Gasteiger partial charge is 0.387 e. The molecule has 0 aromatic heterocycles. The molecule has 2 nitrogen and oxygen atoms in total. The molecule has 2 unspecified atom stereocenters. The van der Waals surface area contributed by atoms with Crippen molar-refractivity contribution >= 4 is 10.8 Å². The van der Waals surface area contributed by atoms with Crippen molar-refractivity contribution in [2.24, 2.45) is 5.92 Å². The Labute approximate surface area is 127 Å². The predicted molar refractivity (Wildman–Crippen MR) is 88.3 cm³/mol. The molecule has 2 heteroatoms. The lowest BCUT2D eigenvalue weighted by Crippen LogP contribution is -2.36. The minimum atomic E-state index is -0.394. The first-order valence-corrected chi connectivity index (χ1v) is 8.06. The fraction of sp³-hybridized carbons (Fsp3) is 0.474. The molecule has 112 valence electrons. The lowest BCUT2D eigenvalue weighted by Gasteiger charge is -2.29. The zero-order chi connectivity index (χ0) is 14.8. The molecule has 3 rings (SSSR count). The van der Waals surface area contributed by atoms with Crippen molar-refractivity contribution in [3.05, 3.63) is 48.0 Å². The number of rotatable bonds is 4. The maximum atomic E-state index is 10.6. The number of benzene rings is 2. The SMILES string of the molecule is CC(C)C1CCCN1CC(O)c1ccc2ccccc2c1. The molecule has 1 aliphatic rings. The maximum absolute atomic E-state index is 10.6. The molecule has 1 heterocycles. The van der Waals surface area contributed by atoms with Gasteiger partial charge in [-0.3, -0.25) is 4.90 Å². The van der Waals surface area contributed by atoms with Gasteiger partial charge in [0.15, 0.2) is 0 Å². The number of hydrogen-bond donors (Lipinski definition) is 1. The highest BCUT2D eigenvalue weighted by atomic mass is 16.3. The first-order chi connectivity index (χ1) is 10.1. The highest BCUT2D eigenvalue weighted by Gasteiger charge is 2.28. The Bertz CT molecular complexity index is 607. The van der Waals surface area contributed by atoms with Gasteiger partial charge in [0.2, 0.25) is 0 Å². The molecule has 2 atom stereocenters. The van der Waals surface area contributed by atoms with Gasteiger partial charge in [-0.2, -0.15) is 0 Å². The molecule has 0 spiro atoms. The molecule has 1 aliphatic heterocycles. The molecule has 1 fully saturated rings. The fourth-order valence-electron chi connectivity index (χ4n) is 3.58. The quantitative estimate of drug-likeness (QED) is 0.917. The fourth-order valence-corrected chi connectivity index (χ4v) is 3.58. The van der Waals surface area contributed by atoms with E-state index < -0.39 is 6.10 Å². The second kappa shape index (κ2) is 6.17. The van der Waals surface area contributed by atoms with Crippen LogP contribution in [0.15, 0.2) is 42.5 Å². The summed E-state index contributed by atoms with van der Waals surface area (Å²) >= 11 is 0. The second-order valence-corrected chi connectivity index (χ2v) is 6.57. The van der Waals surface area contributed by atoms with E-state index in [-0.39, 0.29) is 0 Å². The third-order valence-corrected chi connectivity index (χ3v) is 4.75. The molecule has 1 N–H and O–H groups in total. The van der Waals surface area contributed by atoms with E-state index in [0.29, 0.717) is 12.0 Å². The van der Waals surface area contributed by atoms with Gasteiger partial charge in [-0.25, -0.2) is 0 Å². The molecule has 0 radical (unpaired) electrons. The van der Waals surface area contributed by atoms with E-state index in [1.54, 1.807) is 0 Å². The van der Waals surface area contributed by atoms with E-state index in [1.807, 2.05) is 6.07 Å². The molecule has 2 aromatic carbocycles. The summed E-state index contributed by atoms with van der Waals surface area (Å²) in [5, 5.41) is 13.0. The molecule has 0 amide bonds. The third-order valence-electron chi connectivity index (χ3n) is 4.75. The predicted octanol–water partition coefficient (Wildman–Crippen LogP) is 3.99. The molecule has 1 saturated heterocycles. The average Bonchev–Trinajstić information content (AvgIpc) is 2.95. The number of β-amino-alcohol motifs (C(OH)–C–C–N with tert-alkyl or cyclic N) is 1. The first-order valence-electron chi connectivity index (χ1n) is 8.06. The minimum Gasteiger partial charge on any atom is -0.387 e. The topological polar surface area (TPSA) is 23.5 Å². The number of likely N-dealkylation sites (tertiary alicyclic amines) is 1. The minimum absolute atomic E-state index is 0.394. The summed E-state index contributed by atoms with van der Waals surface area (Å²) in [6, 6.07) is 15.2. The smallest absolute Gasteiger partial charge is 0.0917 e. The summed E-state index contributed by atoms with van der Waals surface area (Å²) in [6.07, 6.45) is 2.13. The van der Waals surface area contributed by atoms with Gasteiger partial charge in [0.1, 0.15) is 0 Å². The summed E-state index contributed by atoms with van der Waals surface area (Å²) in [4.78, 5) is 2.46. The second-order valence-electron chi connectivity index (χ2n) is 6.57. The van der Waals surface area contributed by atoms with E-state index in [0.717, 1.165) is 18.7 Å². The Morgan fingerprint density at radius 2 is 1.90 bits per heavy atom. The Morgan fingerprint density at radius 1 is 1.14 bits per heavy atom. The Morgan fingerprint density at radius 3 is 2.67 bits per heavy atom. The van der Waals surface area contributed by atoms with Crippen molar-refractivity contribution in [2.45, 2.75) is 38.8 Å². The average molecular weight is 283 g/mol. The van der Waals surface area contributed by atoms with Crippen molar-refractivity contribution in [2.75, 3.05) is 13.1 Å². The Balaban J connectivity index is 1.75. The lowest BCUT2D eigenvalue weighted by atomic mass is 10.00. The van der Waals surface area contributed by atoms with Gasteiger partial charge < -0.3 is 5.11 Å². The van der Waals surface area contributed by atoms with Crippen LogP contribution in [0.4, 0.5) is 0 Å². The van der Waals surface area contributed by atoms with Gasteiger partial charge in [0.05, 0.1) is 6.10 Å². The van der Waals surface area contributed by atoms with E-state index in [9.17, 15) is 5.11 Å². The number of hydrogen-bond acceptors (Lipinski definition) is 2. The molecule has 2 aromatic rings. The van der Waals surface area contributed by atoms with Crippen molar-refractivity contribution in [3.63, 3.8) is 0 Å². The Kier molecular flexibility index (Phi) is 4.27. The normalized spacial score (nSPS) is 21.2. The van der Waals surface area contributed by atoms with Crippen molar-refractivity contribution in [3.8, 4) is 0 Å². The van der Waals surface area contributed by atoms with Crippen LogP contribution in [0, 0.1) is 5.92 Å². The van der Waals surface area contributed by atoms with E-state index in [1.165, 1.54) is 23.6 Å². The van der Waals surface area contributed by atoms with Crippen LogP contribution >= 0.6 is 0 Å². The summed E-state index contributed by atoms with van der Waals surface area (Å²) in [5.74, 6) is 0.663. The summed E-state index contributed by atoms with van der Waals surface area (Å²) < 4.78 is 0. The van der Waals surface area contributed by atoms with Crippen LogP contribution in [0.2, 0.25) is 0 Å². The maximum Gasteiger partial charge on any atom is 0.0917 e. The lowest BCUT2D eigenvalue weighted by molar-refractivity contribution is 0.0940. The van der Waals surface area contributed by atoms with Crippen molar-refractivity contribution < 1.29 is 5.11 Å². The molecular formula is C19H25NO. The molecule has 21 heavy (non-hydrogen) atoms. The van der Waals surface area contributed by atoms with Crippen LogP contribution in [-0.4, -0.2) is 29.1 Å². The van der Waals surface area contributed by atoms with E-state index in [2.05, 4.69) is 55.1 Å². The van der Waals surface area contributed by atoms with E-state index >= 15 is 0 Å². The van der Waals surface area contributed by atoms with Crippen LogP contribution in [0.3, 0.4) is 0 Å². The molecule has 0 saturated carbocycles. The van der Waals surface area contributed by atoms with Crippen molar-refractivity contribution in [1.29, 1.82) is 0 Å². The summed E-state index contributed by atoms with van der Waals surface area (Å²) in [5.41, 5.74) is 1.03. The monoisotopic (exact) mass is 283 g/mol. The van der Waals surface area contributed by atoms with Gasteiger partial charge in [0, 0.05) is 12.6 Å². The number of aliphatic hydroxyl groups is 1. The van der Waals surface area contributed by atoms with Gasteiger partial charge in [-0.15, -0.1) is 0 Å². The van der Waals surface area contributed by atoms with E-state index in [4.69, 9.17) is 0 Å². The third kappa shape index (κ3) is 3.12. The molecular weight excluding hydrogens is 258 g/mol. The molecule has 0 bridgehead atoms. The number of aliphatic hydroxyl groups excluding tert-OH is 1. The molecule has 0 aliphatic carbocycles. The number of fused-ring (bicyclic) bond motifs is 1. The zero-order valence-electron chi connectivity index (χ0n) is 13.0. The summed E-state index contributed by atoms with van der Waals surface area (Å²) in [7, 11) is 0. The van der Waals surface area contributed by atoms with Crippen LogP contribution < -0.4 is 0 Å². The van der Waals surface area contributed by atoms with Crippen LogP contribution in [-0.2, 0) is 0 Å². The first kappa shape index (κ1) is 14.6. The highest BCUT2D eigenvalue weighted by molar-refractivity contribution is 5.83. The van der Waals surface area contributed by atoms with Gasteiger partial charge in [-0.05, 0) is 47.7 Å². The van der Waals surface area contributed by atoms with Crippen molar-refractivity contribution in [1.82, 2.24) is 4.90 Å². The van der Waals surface area contributed by atoms with Gasteiger partial charge >= 0.3 is 0 Å². The van der Waals surface area contributed by atoms with Gasteiger partial charge in [0.25, 0.3) is 0 Å². The Hall–Kier alpha value is -1.38. The van der Waals surface area contributed by atoms with Crippen LogP contribution in [0.1, 0.15) is 38.4 Å². The van der Waals surface area contributed by atoms with Crippen LogP contribution in [0.5, 0.6) is 0 Å². The summed E-state index contributed by atoms with van der Waals surface area (Å²) in [6.45, 7) is 6.44. The number of nitrogens with zero attached hydrogens (tertiary/aromatic N) is 1. The van der Waals surface area contributed by atoms with Gasteiger partial charge in [-0.1, -0.05) is 50.2 Å².